The van der Waals surface area contributed by atoms with Crippen LogP contribution in [0.2, 0.25) is 0 Å². The molecule has 6 heteroatoms. The molecule has 0 unspecified atom stereocenters. The molecule has 0 atom stereocenters. The average molecular weight is 266 g/mol. The first-order valence-electron chi connectivity index (χ1n) is 5.42. The minimum atomic E-state index is -4.86. The van der Waals surface area contributed by atoms with Gasteiger partial charge in [-0.05, 0) is 18.2 Å². The summed E-state index contributed by atoms with van der Waals surface area (Å²) in [6.45, 7) is 5.49. The average Bonchev–Trinajstić information content (AvgIpc) is 2.31. The van der Waals surface area contributed by atoms with Crippen molar-refractivity contribution in [1.82, 2.24) is 0 Å². The van der Waals surface area contributed by atoms with Crippen molar-refractivity contribution in [2.75, 3.05) is 0 Å². The summed E-state index contributed by atoms with van der Waals surface area (Å²) >= 11 is 0. The smallest absolute Gasteiger partial charge is 0.406 e. The quantitative estimate of drug-likeness (QED) is 0.600. The van der Waals surface area contributed by atoms with Crippen molar-refractivity contribution in [3.05, 3.63) is 29.6 Å². The van der Waals surface area contributed by atoms with Gasteiger partial charge >= 0.3 is 6.36 Å². The highest BCUT2D eigenvalue weighted by Gasteiger charge is 2.31. The van der Waals surface area contributed by atoms with Gasteiger partial charge in [-0.2, -0.15) is 0 Å². The molecule has 0 aromatic heterocycles. The standard InChI is InChI=1S/C10H8F4O2.C2H6/c1-2-9(15)7-5-6(3-4-8(7)11)16-10(12,13)14;1-2/h3-5H,2H2,1H3;1-2H3. The van der Waals surface area contributed by atoms with E-state index in [4.69, 9.17) is 0 Å². The van der Waals surface area contributed by atoms with E-state index in [0.29, 0.717) is 0 Å². The Morgan fingerprint density at radius 1 is 1.28 bits per heavy atom. The normalized spacial score (nSPS) is 10.4. The van der Waals surface area contributed by atoms with E-state index in [1.165, 1.54) is 6.92 Å². The van der Waals surface area contributed by atoms with Crippen LogP contribution < -0.4 is 4.74 Å². The summed E-state index contributed by atoms with van der Waals surface area (Å²) in [5.74, 6) is -2.04. The van der Waals surface area contributed by atoms with Gasteiger partial charge in [-0.25, -0.2) is 4.39 Å². The Kier molecular flexibility index (Phi) is 6.36. The number of carbonyl (C=O) groups is 1. The van der Waals surface area contributed by atoms with E-state index in [1.54, 1.807) is 0 Å². The molecule has 0 bridgehead atoms. The van der Waals surface area contributed by atoms with Crippen molar-refractivity contribution in [3.63, 3.8) is 0 Å². The number of carbonyl (C=O) groups excluding carboxylic acids is 1. The number of ketones is 1. The van der Waals surface area contributed by atoms with E-state index < -0.39 is 29.3 Å². The third-order valence-electron chi connectivity index (χ3n) is 1.79. The van der Waals surface area contributed by atoms with Gasteiger partial charge < -0.3 is 4.74 Å². The fraction of sp³-hybridized carbons (Fsp3) is 0.417. The van der Waals surface area contributed by atoms with Crippen molar-refractivity contribution in [2.45, 2.75) is 33.6 Å². The van der Waals surface area contributed by atoms with Crippen LogP contribution in [0.4, 0.5) is 17.6 Å². The summed E-state index contributed by atoms with van der Waals surface area (Å²) in [5, 5.41) is 0. The second-order valence-corrected chi connectivity index (χ2v) is 2.97. The molecular weight excluding hydrogens is 252 g/mol. The first-order chi connectivity index (χ1) is 8.33. The zero-order valence-electron chi connectivity index (χ0n) is 10.3. The Labute approximate surface area is 103 Å². The van der Waals surface area contributed by atoms with Crippen LogP contribution in [0.15, 0.2) is 18.2 Å². The van der Waals surface area contributed by atoms with Crippen molar-refractivity contribution in [2.24, 2.45) is 0 Å². The predicted molar refractivity (Wildman–Crippen MR) is 59.1 cm³/mol. The maximum atomic E-state index is 13.1. The molecule has 1 aromatic carbocycles. The van der Waals surface area contributed by atoms with Crippen LogP contribution in [0.25, 0.3) is 0 Å². The third-order valence-corrected chi connectivity index (χ3v) is 1.79. The minimum Gasteiger partial charge on any atom is -0.406 e. The second-order valence-electron chi connectivity index (χ2n) is 2.97. The van der Waals surface area contributed by atoms with Gasteiger partial charge in [0.15, 0.2) is 5.78 Å². The Hall–Kier alpha value is -1.59. The molecule has 0 amide bonds. The Morgan fingerprint density at radius 2 is 1.83 bits per heavy atom. The lowest BCUT2D eigenvalue weighted by Gasteiger charge is -2.09. The van der Waals surface area contributed by atoms with Crippen LogP contribution >= 0.6 is 0 Å². The van der Waals surface area contributed by atoms with Crippen LogP contribution in [-0.4, -0.2) is 12.1 Å². The number of rotatable bonds is 3. The van der Waals surface area contributed by atoms with Crippen LogP contribution in [-0.2, 0) is 0 Å². The fourth-order valence-corrected chi connectivity index (χ4v) is 1.11. The maximum Gasteiger partial charge on any atom is 0.573 e. The first-order valence-corrected chi connectivity index (χ1v) is 5.42. The van der Waals surface area contributed by atoms with Gasteiger partial charge in [-0.15, -0.1) is 13.2 Å². The molecule has 0 aliphatic carbocycles. The van der Waals surface area contributed by atoms with Gasteiger partial charge in [0.2, 0.25) is 0 Å². The van der Waals surface area contributed by atoms with Crippen LogP contribution in [0.3, 0.4) is 0 Å². The largest absolute Gasteiger partial charge is 0.573 e. The van der Waals surface area contributed by atoms with Gasteiger partial charge in [0.05, 0.1) is 5.56 Å². The molecule has 0 aliphatic rings. The van der Waals surface area contributed by atoms with Gasteiger partial charge in [0.25, 0.3) is 0 Å². The van der Waals surface area contributed by atoms with Gasteiger partial charge in [-0.3, -0.25) is 4.79 Å². The Morgan fingerprint density at radius 3 is 2.28 bits per heavy atom. The molecule has 0 heterocycles. The van der Waals surface area contributed by atoms with Crippen molar-refractivity contribution >= 4 is 5.78 Å². The molecular formula is C12H14F4O2. The minimum absolute atomic E-state index is 0.00634. The number of halogens is 4. The lowest BCUT2D eigenvalue weighted by atomic mass is 10.1. The summed E-state index contributed by atoms with van der Waals surface area (Å²) < 4.78 is 52.2. The van der Waals surface area contributed by atoms with E-state index >= 15 is 0 Å². The number of hydrogen-bond acceptors (Lipinski definition) is 2. The van der Waals surface area contributed by atoms with E-state index in [2.05, 4.69) is 4.74 Å². The highest BCUT2D eigenvalue weighted by Crippen LogP contribution is 2.25. The van der Waals surface area contributed by atoms with Crippen molar-refractivity contribution < 1.29 is 27.1 Å². The zero-order valence-corrected chi connectivity index (χ0v) is 10.3. The second kappa shape index (κ2) is 6.98. The van der Waals surface area contributed by atoms with E-state index in [9.17, 15) is 22.4 Å². The predicted octanol–water partition coefficient (Wildman–Crippen LogP) is 4.34. The Bertz CT molecular complexity index is 400. The summed E-state index contributed by atoms with van der Waals surface area (Å²) in [7, 11) is 0. The zero-order chi connectivity index (χ0) is 14.3. The lowest BCUT2D eigenvalue weighted by Crippen LogP contribution is -2.17. The molecule has 2 nitrogen and oxygen atoms in total. The topological polar surface area (TPSA) is 26.3 Å². The fourth-order valence-electron chi connectivity index (χ4n) is 1.11. The molecule has 0 fully saturated rings. The van der Waals surface area contributed by atoms with Crippen LogP contribution in [0, 0.1) is 5.82 Å². The number of hydrogen-bond donors (Lipinski definition) is 0. The molecule has 0 saturated heterocycles. The molecule has 0 aliphatic heterocycles. The molecule has 0 saturated carbocycles. The molecule has 0 spiro atoms. The Balaban J connectivity index is 0.00000137. The first kappa shape index (κ1) is 16.4. The van der Waals surface area contributed by atoms with Gasteiger partial charge in [-0.1, -0.05) is 20.8 Å². The van der Waals surface area contributed by atoms with Crippen LogP contribution in [0.5, 0.6) is 5.75 Å². The monoisotopic (exact) mass is 266 g/mol. The summed E-state index contributed by atoms with van der Waals surface area (Å²) in [5.41, 5.74) is -0.399. The number of alkyl halides is 3. The molecule has 102 valence electrons. The van der Waals surface area contributed by atoms with Crippen molar-refractivity contribution in [1.29, 1.82) is 0 Å². The van der Waals surface area contributed by atoms with Gasteiger partial charge in [0.1, 0.15) is 11.6 Å². The third kappa shape index (κ3) is 5.16. The van der Waals surface area contributed by atoms with Gasteiger partial charge in [0, 0.05) is 6.42 Å². The summed E-state index contributed by atoms with van der Waals surface area (Å²) in [6.07, 6.45) is -4.85. The maximum absolute atomic E-state index is 13.1. The molecule has 0 radical (unpaired) electrons. The highest BCUT2D eigenvalue weighted by atomic mass is 19.4. The van der Waals surface area contributed by atoms with E-state index in [1.807, 2.05) is 13.8 Å². The van der Waals surface area contributed by atoms with E-state index in [-0.39, 0.29) is 6.42 Å². The van der Waals surface area contributed by atoms with E-state index in [0.717, 1.165) is 18.2 Å². The molecule has 1 aromatic rings. The lowest BCUT2D eigenvalue weighted by molar-refractivity contribution is -0.274. The molecule has 1 rings (SSSR count). The number of Topliss-reactive ketones (excluding diaryl/α,β-unsaturated/α-hetero) is 1. The highest BCUT2D eigenvalue weighted by molar-refractivity contribution is 5.96. The van der Waals surface area contributed by atoms with Crippen molar-refractivity contribution in [3.8, 4) is 5.75 Å². The SMILES string of the molecule is CC.CCC(=O)c1cc(OC(F)(F)F)ccc1F. The number of ether oxygens (including phenoxy) is 1. The summed E-state index contributed by atoms with van der Waals surface area (Å²) in [4.78, 5) is 11.2. The number of benzene rings is 1. The summed E-state index contributed by atoms with van der Waals surface area (Å²) in [6, 6.07) is 2.33. The molecule has 18 heavy (non-hydrogen) atoms. The molecule has 0 N–H and O–H groups in total. The van der Waals surface area contributed by atoms with Crippen LogP contribution in [0.1, 0.15) is 37.6 Å².